The molecular weight excluding hydrogens is 413 g/mol. The fraction of sp³-hybridized carbons (Fsp3) is 0.333. The monoisotopic (exact) mass is 427 g/mol. The molecule has 1 aromatic heterocycles. The van der Waals surface area contributed by atoms with Crippen LogP contribution in [0.5, 0.6) is 0 Å². The number of hydrogen-bond donors (Lipinski definition) is 1. The molecule has 29 heavy (non-hydrogen) atoms. The van der Waals surface area contributed by atoms with Crippen LogP contribution in [0.25, 0.3) is 11.3 Å². The van der Waals surface area contributed by atoms with Gasteiger partial charge >= 0.3 is 6.18 Å². The molecule has 11 heteroatoms. The van der Waals surface area contributed by atoms with E-state index in [1.54, 1.807) is 6.92 Å². The number of benzene rings is 1. The maximum atomic E-state index is 13.2. The maximum absolute atomic E-state index is 13.2. The Hall–Kier alpha value is -2.88. The van der Waals surface area contributed by atoms with E-state index in [9.17, 15) is 27.9 Å². The summed E-state index contributed by atoms with van der Waals surface area (Å²) in [7, 11) is 0. The van der Waals surface area contributed by atoms with Crippen LogP contribution in [-0.4, -0.2) is 39.0 Å². The Kier molecular flexibility index (Phi) is 5.65. The highest BCUT2D eigenvalue weighted by Crippen LogP contribution is 2.36. The number of alkyl halides is 3. The normalized spacial score (nSPS) is 19.3. The molecule has 0 aliphatic carbocycles. The molecule has 0 spiro atoms. The van der Waals surface area contributed by atoms with Crippen molar-refractivity contribution in [2.75, 3.05) is 5.32 Å². The van der Waals surface area contributed by atoms with Crippen molar-refractivity contribution in [3.63, 3.8) is 0 Å². The van der Waals surface area contributed by atoms with E-state index in [0.717, 1.165) is 29.4 Å². The quantitative estimate of drug-likeness (QED) is 0.759. The van der Waals surface area contributed by atoms with Crippen molar-refractivity contribution in [1.29, 1.82) is 0 Å². The summed E-state index contributed by atoms with van der Waals surface area (Å²) in [4.78, 5) is 32.6. The smallest absolute Gasteiger partial charge is 0.416 e. The molecule has 1 fully saturated rings. The lowest BCUT2D eigenvalue weighted by Crippen LogP contribution is -2.51. The van der Waals surface area contributed by atoms with Crippen LogP contribution in [0.1, 0.15) is 25.3 Å². The molecule has 0 bridgehead atoms. The number of carbonyl (C=O) groups is 2. The highest BCUT2D eigenvalue weighted by atomic mass is 35.5. The number of nitrogens with zero attached hydrogens (tertiary/aromatic N) is 3. The second kappa shape index (κ2) is 7.86. The van der Waals surface area contributed by atoms with Gasteiger partial charge in [-0.25, -0.2) is 9.97 Å². The lowest BCUT2D eigenvalue weighted by molar-refractivity contribution is -0.268. The summed E-state index contributed by atoms with van der Waals surface area (Å²) < 4.78 is 39.5. The third-order valence-corrected chi connectivity index (χ3v) is 4.90. The first-order valence-electron chi connectivity index (χ1n) is 8.57. The van der Waals surface area contributed by atoms with Gasteiger partial charge in [-0.1, -0.05) is 17.7 Å². The lowest BCUT2D eigenvalue weighted by Gasteiger charge is -2.30. The average molecular weight is 428 g/mol. The summed E-state index contributed by atoms with van der Waals surface area (Å²) in [5, 5.41) is 13.8. The summed E-state index contributed by atoms with van der Waals surface area (Å²) in [5.74, 6) is -0.751. The number of nitrogens with one attached hydrogen (secondary N) is 1. The third-order valence-electron chi connectivity index (χ3n) is 4.70. The first-order chi connectivity index (χ1) is 13.6. The van der Waals surface area contributed by atoms with E-state index in [0.29, 0.717) is 6.42 Å². The van der Waals surface area contributed by atoms with Gasteiger partial charge in [-0.15, -0.1) is 0 Å². The number of aromatic nitrogens is 2. The number of amides is 2. The largest absolute Gasteiger partial charge is 0.530 e. The first-order valence-corrected chi connectivity index (χ1v) is 8.95. The minimum Gasteiger partial charge on any atom is -0.530 e. The van der Waals surface area contributed by atoms with Crippen LogP contribution in [-0.2, 0) is 11.0 Å². The topological polar surface area (TPSA) is 98.2 Å². The number of rotatable bonds is 3. The Morgan fingerprint density at radius 1 is 1.24 bits per heavy atom. The molecule has 7 nitrogen and oxygen atoms in total. The number of likely N-dealkylation sites (tertiary alicyclic amines) is 1. The fourth-order valence-corrected chi connectivity index (χ4v) is 3.44. The minimum absolute atomic E-state index is 0.0694. The molecule has 0 saturated carbocycles. The molecule has 3 rings (SSSR count). The Balaban J connectivity index is 2.00. The second-order valence-corrected chi connectivity index (χ2v) is 6.98. The summed E-state index contributed by atoms with van der Waals surface area (Å²) in [6.07, 6.45) is -4.35. The van der Waals surface area contributed by atoms with Crippen LogP contribution in [0, 0.1) is 0 Å². The van der Waals surface area contributed by atoms with Crippen LogP contribution >= 0.6 is 11.6 Å². The van der Waals surface area contributed by atoms with Crippen LogP contribution in [0.4, 0.5) is 23.7 Å². The van der Waals surface area contributed by atoms with Gasteiger partial charge in [0.25, 0.3) is 0 Å². The van der Waals surface area contributed by atoms with E-state index in [-0.39, 0.29) is 28.5 Å². The third kappa shape index (κ3) is 4.42. The summed E-state index contributed by atoms with van der Waals surface area (Å²) in [6.45, 7) is 1.63. The van der Waals surface area contributed by atoms with Crippen LogP contribution in [0.2, 0.25) is 5.15 Å². The van der Waals surface area contributed by atoms with Crippen molar-refractivity contribution in [1.82, 2.24) is 14.9 Å². The molecule has 2 atom stereocenters. The van der Waals surface area contributed by atoms with Gasteiger partial charge in [0, 0.05) is 17.7 Å². The van der Waals surface area contributed by atoms with Crippen molar-refractivity contribution < 1.29 is 27.9 Å². The standard InChI is InChI=1S/C18H16ClF3N4O3/c1-9-2-5-14(26(9)17(28)29)16(27)25-13-6-10(18(20,21)22)3-4-11(13)12-7-15(19)24-8-23-12/h3-4,6-9,14H,2,5H2,1H3,(H,25,27)(H,28,29)/p-1. The SMILES string of the molecule is CC1CCC(C(=O)Nc2cc(C(F)(F)F)ccc2-c2cc(Cl)ncn2)N1C(=O)[O-]. The number of anilines is 1. The van der Waals surface area contributed by atoms with Gasteiger partial charge < -0.3 is 20.1 Å². The van der Waals surface area contributed by atoms with Gasteiger partial charge in [0.15, 0.2) is 0 Å². The van der Waals surface area contributed by atoms with Gasteiger partial charge in [-0.3, -0.25) is 4.79 Å². The van der Waals surface area contributed by atoms with E-state index in [2.05, 4.69) is 15.3 Å². The van der Waals surface area contributed by atoms with Crippen LogP contribution < -0.4 is 10.4 Å². The highest BCUT2D eigenvalue weighted by Gasteiger charge is 2.36. The number of halogens is 4. The minimum atomic E-state index is -4.64. The maximum Gasteiger partial charge on any atom is 0.416 e. The van der Waals surface area contributed by atoms with Crippen molar-refractivity contribution in [2.45, 2.75) is 38.0 Å². The van der Waals surface area contributed by atoms with E-state index < -0.39 is 35.8 Å². The van der Waals surface area contributed by atoms with Gasteiger partial charge in [-0.2, -0.15) is 13.2 Å². The van der Waals surface area contributed by atoms with E-state index in [1.165, 1.54) is 6.07 Å². The lowest BCUT2D eigenvalue weighted by atomic mass is 10.0. The molecule has 2 amide bonds. The molecule has 2 aromatic rings. The molecule has 1 aromatic carbocycles. The van der Waals surface area contributed by atoms with Gasteiger partial charge in [0.1, 0.15) is 23.6 Å². The molecule has 1 N–H and O–H groups in total. The van der Waals surface area contributed by atoms with Gasteiger partial charge in [-0.05, 0) is 31.9 Å². The van der Waals surface area contributed by atoms with Crippen molar-refractivity contribution in [2.24, 2.45) is 0 Å². The second-order valence-electron chi connectivity index (χ2n) is 6.59. The molecule has 1 aliphatic heterocycles. The predicted molar refractivity (Wildman–Crippen MR) is 95.8 cm³/mol. The Bertz CT molecular complexity index is 954. The molecule has 1 aliphatic rings. The zero-order valence-corrected chi connectivity index (χ0v) is 15.8. The number of hydrogen-bond acceptors (Lipinski definition) is 5. The van der Waals surface area contributed by atoms with Crippen LogP contribution in [0.3, 0.4) is 0 Å². The predicted octanol–water partition coefficient (Wildman–Crippen LogP) is 2.95. The zero-order chi connectivity index (χ0) is 21.3. The molecule has 154 valence electrons. The van der Waals surface area contributed by atoms with Crippen LogP contribution in [0.15, 0.2) is 30.6 Å². The summed E-state index contributed by atoms with van der Waals surface area (Å²) in [5.41, 5.74) is -0.766. The molecule has 0 radical (unpaired) electrons. The summed E-state index contributed by atoms with van der Waals surface area (Å²) in [6, 6.07) is 2.62. The van der Waals surface area contributed by atoms with Gasteiger partial charge in [0.05, 0.1) is 16.9 Å². The van der Waals surface area contributed by atoms with E-state index in [1.807, 2.05) is 0 Å². The summed E-state index contributed by atoms with van der Waals surface area (Å²) >= 11 is 5.83. The molecule has 2 heterocycles. The van der Waals surface area contributed by atoms with E-state index in [4.69, 9.17) is 11.6 Å². The Morgan fingerprint density at radius 3 is 2.59 bits per heavy atom. The zero-order valence-electron chi connectivity index (χ0n) is 15.0. The average Bonchev–Trinajstić information content (AvgIpc) is 3.03. The molecular formula is C18H15ClF3N4O3-. The number of carboxylic acid groups (broad SMARTS) is 1. The van der Waals surface area contributed by atoms with Crippen molar-refractivity contribution in [3.05, 3.63) is 41.3 Å². The first kappa shape index (κ1) is 20.8. The molecule has 1 saturated heterocycles. The van der Waals surface area contributed by atoms with Crippen molar-refractivity contribution >= 4 is 29.3 Å². The number of carbonyl (C=O) groups excluding carboxylic acids is 2. The fourth-order valence-electron chi connectivity index (χ4n) is 3.29. The van der Waals surface area contributed by atoms with Crippen molar-refractivity contribution in [3.8, 4) is 11.3 Å². The highest BCUT2D eigenvalue weighted by molar-refractivity contribution is 6.29. The van der Waals surface area contributed by atoms with E-state index >= 15 is 0 Å². The Morgan fingerprint density at radius 2 is 1.97 bits per heavy atom. The Labute approximate surface area is 168 Å². The van der Waals surface area contributed by atoms with Gasteiger partial charge in [0.2, 0.25) is 5.91 Å². The molecule has 2 unspecified atom stereocenters.